The number of carboxylic acid groups (broad SMARTS) is 1. The van der Waals surface area contributed by atoms with E-state index in [9.17, 15) is 4.79 Å². The minimum Gasteiger partial charge on any atom is -0.480 e. The highest BCUT2D eigenvalue weighted by Crippen LogP contribution is 2.34. The lowest BCUT2D eigenvalue weighted by Gasteiger charge is -2.20. The molecule has 1 aromatic carbocycles. The van der Waals surface area contributed by atoms with E-state index < -0.39 is 12.0 Å². The fraction of sp³-hybridized carbons (Fsp3) is 0.462. The van der Waals surface area contributed by atoms with E-state index in [-0.39, 0.29) is 6.04 Å². The number of hydrogen-bond donors (Lipinski definition) is 2. The van der Waals surface area contributed by atoms with Gasteiger partial charge in [0.2, 0.25) is 0 Å². The summed E-state index contributed by atoms with van der Waals surface area (Å²) in [6.45, 7) is 2.00. The number of carboxylic acids is 1. The lowest BCUT2D eigenvalue weighted by molar-refractivity contribution is -0.140. The third-order valence-corrected chi connectivity index (χ3v) is 3.63. The number of hydrogen-bond acceptors (Lipinski definition) is 2. The third kappa shape index (κ3) is 3.30. The smallest absolute Gasteiger partial charge is 0.320 e. The van der Waals surface area contributed by atoms with E-state index in [2.05, 4.69) is 21.2 Å². The van der Waals surface area contributed by atoms with Crippen LogP contribution in [0.4, 0.5) is 0 Å². The minimum absolute atomic E-state index is 0.0502. The topological polar surface area (TPSA) is 49.3 Å². The Hall–Kier alpha value is -0.870. The number of nitrogens with one attached hydrogen (secondary N) is 1. The molecule has 2 rings (SSSR count). The standard InChI is InChI=1S/C13H16BrNO2/c1-8(10-3-2-4-11(14)7-10)15-12(13(16)17)9-5-6-9/h2-4,7-9,12,15H,5-6H2,1H3,(H,16,17)/t8-,12?/m1/s1. The predicted octanol–water partition coefficient (Wildman–Crippen LogP) is 2.96. The lowest BCUT2D eigenvalue weighted by Crippen LogP contribution is -2.40. The summed E-state index contributed by atoms with van der Waals surface area (Å²) in [6.07, 6.45) is 2.05. The molecule has 1 fully saturated rings. The summed E-state index contributed by atoms with van der Waals surface area (Å²) in [7, 11) is 0. The molecular weight excluding hydrogens is 282 g/mol. The largest absolute Gasteiger partial charge is 0.480 e. The van der Waals surface area contributed by atoms with Crippen molar-refractivity contribution >= 4 is 21.9 Å². The van der Waals surface area contributed by atoms with Gasteiger partial charge in [-0.2, -0.15) is 0 Å². The Morgan fingerprint density at radius 3 is 2.76 bits per heavy atom. The first-order valence-electron chi connectivity index (χ1n) is 5.82. The van der Waals surface area contributed by atoms with E-state index in [1.54, 1.807) is 0 Å². The second kappa shape index (κ2) is 5.19. The summed E-state index contributed by atoms with van der Waals surface area (Å²) >= 11 is 3.42. The van der Waals surface area contributed by atoms with Crippen molar-refractivity contribution in [3.63, 3.8) is 0 Å². The zero-order valence-corrected chi connectivity index (χ0v) is 11.3. The van der Waals surface area contributed by atoms with Gasteiger partial charge in [-0.25, -0.2) is 0 Å². The highest BCUT2D eigenvalue weighted by Gasteiger charge is 2.36. The quantitative estimate of drug-likeness (QED) is 0.878. The van der Waals surface area contributed by atoms with Crippen molar-refractivity contribution in [2.24, 2.45) is 5.92 Å². The molecule has 0 spiro atoms. The van der Waals surface area contributed by atoms with Crippen molar-refractivity contribution in [3.05, 3.63) is 34.3 Å². The zero-order chi connectivity index (χ0) is 12.4. The molecule has 1 saturated carbocycles. The molecular formula is C13H16BrNO2. The second-order valence-corrected chi connectivity index (χ2v) is 5.51. The van der Waals surface area contributed by atoms with Crippen LogP contribution in [-0.4, -0.2) is 17.1 Å². The summed E-state index contributed by atoms with van der Waals surface area (Å²) in [5, 5.41) is 12.4. The molecule has 17 heavy (non-hydrogen) atoms. The van der Waals surface area contributed by atoms with Crippen LogP contribution in [-0.2, 0) is 4.79 Å². The van der Waals surface area contributed by atoms with Crippen molar-refractivity contribution < 1.29 is 9.90 Å². The van der Waals surface area contributed by atoms with E-state index >= 15 is 0 Å². The number of carbonyl (C=O) groups is 1. The maximum absolute atomic E-state index is 11.1. The number of halogens is 1. The predicted molar refractivity (Wildman–Crippen MR) is 69.8 cm³/mol. The molecule has 1 aliphatic carbocycles. The molecule has 1 aliphatic rings. The maximum atomic E-state index is 11.1. The molecule has 1 unspecified atom stereocenters. The van der Waals surface area contributed by atoms with Crippen molar-refractivity contribution in [1.29, 1.82) is 0 Å². The van der Waals surface area contributed by atoms with Crippen molar-refractivity contribution in [2.45, 2.75) is 31.8 Å². The van der Waals surface area contributed by atoms with Crippen molar-refractivity contribution in [2.75, 3.05) is 0 Å². The average molecular weight is 298 g/mol. The van der Waals surface area contributed by atoms with Gasteiger partial charge in [-0.05, 0) is 43.4 Å². The van der Waals surface area contributed by atoms with Gasteiger partial charge in [-0.3, -0.25) is 10.1 Å². The van der Waals surface area contributed by atoms with Gasteiger partial charge < -0.3 is 5.11 Å². The first kappa shape index (κ1) is 12.6. The van der Waals surface area contributed by atoms with Crippen LogP contribution in [0.15, 0.2) is 28.7 Å². The fourth-order valence-corrected chi connectivity index (χ4v) is 2.40. The van der Waals surface area contributed by atoms with Crippen molar-refractivity contribution in [1.82, 2.24) is 5.32 Å². The second-order valence-electron chi connectivity index (χ2n) is 4.60. The van der Waals surface area contributed by atoms with Crippen LogP contribution in [0.25, 0.3) is 0 Å². The Labute approximate surface area is 109 Å². The van der Waals surface area contributed by atoms with Gasteiger partial charge in [0.25, 0.3) is 0 Å². The van der Waals surface area contributed by atoms with Gasteiger partial charge in [-0.1, -0.05) is 28.1 Å². The maximum Gasteiger partial charge on any atom is 0.320 e. The summed E-state index contributed by atoms with van der Waals surface area (Å²) in [6, 6.07) is 7.59. The SMILES string of the molecule is C[C@@H](NC(C(=O)O)C1CC1)c1cccc(Br)c1. The Bertz CT molecular complexity index is 418. The molecule has 0 amide bonds. The van der Waals surface area contributed by atoms with E-state index in [1.807, 2.05) is 31.2 Å². The van der Waals surface area contributed by atoms with Gasteiger partial charge in [0, 0.05) is 10.5 Å². The Morgan fingerprint density at radius 1 is 1.53 bits per heavy atom. The minimum atomic E-state index is -0.741. The summed E-state index contributed by atoms with van der Waals surface area (Å²) in [5.41, 5.74) is 1.10. The average Bonchev–Trinajstić information content (AvgIpc) is 3.09. The van der Waals surface area contributed by atoms with Crippen LogP contribution < -0.4 is 5.32 Å². The van der Waals surface area contributed by atoms with Gasteiger partial charge in [0.1, 0.15) is 6.04 Å². The van der Waals surface area contributed by atoms with E-state index in [1.165, 1.54) is 0 Å². The molecule has 0 heterocycles. The van der Waals surface area contributed by atoms with Crippen LogP contribution in [0.3, 0.4) is 0 Å². The molecule has 2 N–H and O–H groups in total. The highest BCUT2D eigenvalue weighted by molar-refractivity contribution is 9.10. The lowest BCUT2D eigenvalue weighted by atomic mass is 10.1. The van der Waals surface area contributed by atoms with E-state index in [0.717, 1.165) is 22.9 Å². The Kier molecular flexibility index (Phi) is 3.84. The Morgan fingerprint density at radius 2 is 2.24 bits per heavy atom. The zero-order valence-electron chi connectivity index (χ0n) is 9.69. The van der Waals surface area contributed by atoms with Gasteiger partial charge in [-0.15, -0.1) is 0 Å². The summed E-state index contributed by atoms with van der Waals surface area (Å²) < 4.78 is 1.02. The fourth-order valence-electron chi connectivity index (χ4n) is 1.98. The van der Waals surface area contributed by atoms with Crippen LogP contribution in [0.2, 0.25) is 0 Å². The normalized spacial score (nSPS) is 18.7. The Balaban J connectivity index is 2.04. The molecule has 92 valence electrons. The van der Waals surface area contributed by atoms with Gasteiger partial charge in [0.15, 0.2) is 0 Å². The molecule has 2 atom stereocenters. The molecule has 4 heteroatoms. The first-order valence-corrected chi connectivity index (χ1v) is 6.61. The molecule has 3 nitrogen and oxygen atoms in total. The monoisotopic (exact) mass is 297 g/mol. The molecule has 0 bridgehead atoms. The molecule has 0 saturated heterocycles. The molecule has 0 aromatic heterocycles. The number of aliphatic carboxylic acids is 1. The molecule has 0 aliphatic heterocycles. The number of benzene rings is 1. The molecule has 1 aromatic rings. The van der Waals surface area contributed by atoms with Crippen LogP contribution in [0.5, 0.6) is 0 Å². The van der Waals surface area contributed by atoms with E-state index in [0.29, 0.717) is 5.92 Å². The first-order chi connectivity index (χ1) is 8.08. The third-order valence-electron chi connectivity index (χ3n) is 3.14. The van der Waals surface area contributed by atoms with Crippen molar-refractivity contribution in [3.8, 4) is 0 Å². The van der Waals surface area contributed by atoms with Gasteiger partial charge in [0.05, 0.1) is 0 Å². The number of rotatable bonds is 5. The van der Waals surface area contributed by atoms with Crippen LogP contribution in [0.1, 0.15) is 31.4 Å². The summed E-state index contributed by atoms with van der Waals surface area (Å²) in [4.78, 5) is 11.1. The van der Waals surface area contributed by atoms with Gasteiger partial charge >= 0.3 is 5.97 Å². The highest BCUT2D eigenvalue weighted by atomic mass is 79.9. The summed E-state index contributed by atoms with van der Waals surface area (Å²) in [5.74, 6) is -0.434. The van der Waals surface area contributed by atoms with Crippen LogP contribution >= 0.6 is 15.9 Å². The van der Waals surface area contributed by atoms with Crippen LogP contribution in [0, 0.1) is 5.92 Å². The molecule has 0 radical (unpaired) electrons. The van der Waals surface area contributed by atoms with E-state index in [4.69, 9.17) is 5.11 Å².